The van der Waals surface area contributed by atoms with Gasteiger partial charge in [0.25, 0.3) is 5.91 Å². The quantitative estimate of drug-likeness (QED) is 0.838. The summed E-state index contributed by atoms with van der Waals surface area (Å²) in [7, 11) is 0. The van der Waals surface area contributed by atoms with Gasteiger partial charge in [-0.15, -0.1) is 0 Å². The third-order valence-corrected chi connectivity index (χ3v) is 6.32. The topological polar surface area (TPSA) is 75.4 Å². The first kappa shape index (κ1) is 19.9. The summed E-state index contributed by atoms with van der Waals surface area (Å²) in [6, 6.07) is 6.39. The number of carbonyl (C=O) groups excluding carboxylic acids is 1. The highest BCUT2D eigenvalue weighted by Crippen LogP contribution is 2.32. The zero-order valence-corrected chi connectivity index (χ0v) is 17.0. The molecule has 0 bridgehead atoms. The summed E-state index contributed by atoms with van der Waals surface area (Å²) >= 11 is 0. The van der Waals surface area contributed by atoms with Crippen LogP contribution in [0.15, 0.2) is 30.6 Å². The molecule has 4 rings (SSSR count). The van der Waals surface area contributed by atoms with Gasteiger partial charge < -0.3 is 15.5 Å². The van der Waals surface area contributed by atoms with E-state index >= 15 is 0 Å². The number of aryl methyl sites for hydroxylation is 2. The number of aromatic nitrogens is 2. The molecular formula is C22H28FN5O. The van der Waals surface area contributed by atoms with Crippen molar-refractivity contribution < 1.29 is 9.18 Å². The Morgan fingerprint density at radius 2 is 1.83 bits per heavy atom. The smallest absolute Gasteiger partial charge is 0.257 e. The van der Waals surface area contributed by atoms with Crippen LogP contribution in [0.3, 0.4) is 0 Å². The van der Waals surface area contributed by atoms with Crippen molar-refractivity contribution in [1.29, 1.82) is 0 Å². The summed E-state index contributed by atoms with van der Waals surface area (Å²) in [4.78, 5) is 25.7. The second-order valence-electron chi connectivity index (χ2n) is 8.36. The highest BCUT2D eigenvalue weighted by molar-refractivity contribution is 5.96. The monoisotopic (exact) mass is 397 g/mol. The van der Waals surface area contributed by atoms with Crippen LogP contribution in [0.25, 0.3) is 0 Å². The molecule has 2 N–H and O–H groups in total. The second kappa shape index (κ2) is 8.16. The van der Waals surface area contributed by atoms with Crippen LogP contribution in [0.1, 0.15) is 39.8 Å². The van der Waals surface area contributed by atoms with E-state index in [1.54, 1.807) is 6.07 Å². The van der Waals surface area contributed by atoms with Gasteiger partial charge in [0.1, 0.15) is 12.1 Å². The average molecular weight is 397 g/mol. The van der Waals surface area contributed by atoms with E-state index in [2.05, 4.69) is 14.9 Å². The molecule has 0 radical (unpaired) electrons. The van der Waals surface area contributed by atoms with Crippen LogP contribution >= 0.6 is 0 Å². The molecule has 1 amide bonds. The van der Waals surface area contributed by atoms with Gasteiger partial charge in [0.05, 0.1) is 17.0 Å². The number of nitrogens with two attached hydrogens (primary N) is 1. The normalized spacial score (nSPS) is 22.7. The number of likely N-dealkylation sites (tertiary alicyclic amines) is 2. The molecule has 0 saturated carbocycles. The molecule has 3 heterocycles. The number of fused-ring (bicyclic) bond motifs is 1. The fourth-order valence-electron chi connectivity index (χ4n) is 4.72. The van der Waals surface area contributed by atoms with Gasteiger partial charge >= 0.3 is 0 Å². The van der Waals surface area contributed by atoms with E-state index in [-0.39, 0.29) is 17.8 Å². The highest BCUT2D eigenvalue weighted by atomic mass is 19.1. The van der Waals surface area contributed by atoms with Crippen LogP contribution in [0, 0.1) is 31.5 Å². The summed E-state index contributed by atoms with van der Waals surface area (Å²) in [5.41, 5.74) is 9.23. The number of nitrogens with zero attached hydrogens (tertiary/aromatic N) is 4. The number of hydrogen-bond donors (Lipinski definition) is 1. The minimum absolute atomic E-state index is 0.0506. The van der Waals surface area contributed by atoms with Crippen molar-refractivity contribution in [2.75, 3.05) is 32.7 Å². The lowest BCUT2D eigenvalue weighted by atomic mass is 10.0. The van der Waals surface area contributed by atoms with Crippen LogP contribution in [-0.2, 0) is 0 Å². The lowest BCUT2D eigenvalue weighted by Gasteiger charge is -2.23. The van der Waals surface area contributed by atoms with E-state index in [0.717, 1.165) is 56.1 Å². The molecule has 2 fully saturated rings. The van der Waals surface area contributed by atoms with Gasteiger partial charge in [-0.3, -0.25) is 4.79 Å². The molecule has 1 aromatic heterocycles. The van der Waals surface area contributed by atoms with Crippen LogP contribution in [0.4, 0.5) is 4.39 Å². The van der Waals surface area contributed by atoms with Gasteiger partial charge in [-0.1, -0.05) is 12.1 Å². The van der Waals surface area contributed by atoms with Crippen LogP contribution in [-0.4, -0.2) is 58.4 Å². The first-order valence-corrected chi connectivity index (χ1v) is 10.2. The molecule has 154 valence electrons. The number of carbonyl (C=O) groups is 1. The average Bonchev–Trinajstić information content (AvgIpc) is 3.24. The van der Waals surface area contributed by atoms with Gasteiger partial charge in [-0.2, -0.15) is 0 Å². The van der Waals surface area contributed by atoms with E-state index in [1.165, 1.54) is 18.5 Å². The number of benzene rings is 1. The first-order chi connectivity index (χ1) is 13.9. The predicted molar refractivity (Wildman–Crippen MR) is 109 cm³/mol. The Morgan fingerprint density at radius 3 is 2.45 bits per heavy atom. The van der Waals surface area contributed by atoms with Crippen molar-refractivity contribution in [3.63, 3.8) is 0 Å². The predicted octanol–water partition coefficient (Wildman–Crippen LogP) is 2.33. The maximum atomic E-state index is 13.4. The zero-order valence-electron chi connectivity index (χ0n) is 17.0. The molecule has 2 unspecified atom stereocenters. The molecule has 1 aromatic carbocycles. The van der Waals surface area contributed by atoms with Crippen LogP contribution in [0.5, 0.6) is 0 Å². The van der Waals surface area contributed by atoms with E-state index in [4.69, 9.17) is 5.73 Å². The minimum Gasteiger partial charge on any atom is -0.338 e. The van der Waals surface area contributed by atoms with Gasteiger partial charge in [0, 0.05) is 32.2 Å². The Kier molecular flexibility index (Phi) is 5.61. The van der Waals surface area contributed by atoms with Crippen LogP contribution in [0.2, 0.25) is 0 Å². The molecule has 29 heavy (non-hydrogen) atoms. The Morgan fingerprint density at radius 1 is 1.17 bits per heavy atom. The lowest BCUT2D eigenvalue weighted by Crippen LogP contribution is -2.35. The van der Waals surface area contributed by atoms with Crippen molar-refractivity contribution in [2.24, 2.45) is 17.6 Å². The Balaban J connectivity index is 1.30. The molecule has 2 saturated heterocycles. The zero-order chi connectivity index (χ0) is 20.5. The van der Waals surface area contributed by atoms with Gasteiger partial charge in [-0.05, 0) is 56.3 Å². The summed E-state index contributed by atoms with van der Waals surface area (Å²) in [6.45, 7) is 8.14. The van der Waals surface area contributed by atoms with Crippen molar-refractivity contribution in [3.8, 4) is 0 Å². The number of halogens is 1. The third-order valence-electron chi connectivity index (χ3n) is 6.32. The van der Waals surface area contributed by atoms with E-state index in [0.29, 0.717) is 17.4 Å². The number of amides is 1. The summed E-state index contributed by atoms with van der Waals surface area (Å²) in [6.07, 6.45) is 2.30. The Bertz CT molecular complexity index is 870. The molecule has 0 spiro atoms. The van der Waals surface area contributed by atoms with Crippen molar-refractivity contribution in [1.82, 2.24) is 19.8 Å². The summed E-state index contributed by atoms with van der Waals surface area (Å²) in [5.74, 6) is 0.798. The summed E-state index contributed by atoms with van der Waals surface area (Å²) < 4.78 is 13.4. The molecule has 2 aliphatic rings. The van der Waals surface area contributed by atoms with Gasteiger partial charge in [0.15, 0.2) is 0 Å². The number of hydrogen-bond acceptors (Lipinski definition) is 5. The first-order valence-electron chi connectivity index (χ1n) is 10.2. The maximum Gasteiger partial charge on any atom is 0.257 e. The maximum absolute atomic E-state index is 13.4. The molecular weight excluding hydrogens is 369 g/mol. The van der Waals surface area contributed by atoms with Crippen molar-refractivity contribution in [2.45, 2.75) is 26.3 Å². The Labute approximate surface area is 170 Å². The van der Waals surface area contributed by atoms with E-state index in [1.807, 2.05) is 24.8 Å². The van der Waals surface area contributed by atoms with Crippen molar-refractivity contribution in [3.05, 3.63) is 58.9 Å². The standard InChI is InChI=1S/C22H28FN5O/c1-14-21(15(2)26-13-25-14)22(29)28-11-17-9-27(10-18(17)12-28)7-6-20(24)16-4-3-5-19(23)8-16/h3-5,8,13,17-18,20H,6-7,9-12,24H2,1-2H3/t17?,18?,20-/m0/s1. The molecule has 2 aromatic rings. The molecule has 7 heteroatoms. The van der Waals surface area contributed by atoms with E-state index < -0.39 is 0 Å². The Hall–Kier alpha value is -2.38. The highest BCUT2D eigenvalue weighted by Gasteiger charge is 2.42. The fraction of sp³-hybridized carbons (Fsp3) is 0.500. The summed E-state index contributed by atoms with van der Waals surface area (Å²) in [5, 5.41) is 0. The molecule has 2 aliphatic heterocycles. The van der Waals surface area contributed by atoms with Gasteiger partial charge in [0.2, 0.25) is 0 Å². The molecule has 6 nitrogen and oxygen atoms in total. The largest absolute Gasteiger partial charge is 0.338 e. The number of rotatable bonds is 5. The molecule has 0 aliphatic carbocycles. The fourth-order valence-corrected chi connectivity index (χ4v) is 4.72. The third kappa shape index (κ3) is 4.16. The lowest BCUT2D eigenvalue weighted by molar-refractivity contribution is 0.0771. The minimum atomic E-state index is -0.243. The SMILES string of the molecule is Cc1ncnc(C)c1C(=O)N1CC2CN(CC[C@H](N)c3cccc(F)c3)CC2C1. The van der Waals surface area contributed by atoms with Crippen molar-refractivity contribution >= 4 is 5.91 Å². The molecule has 3 atom stereocenters. The van der Waals surface area contributed by atoms with Crippen LogP contribution < -0.4 is 5.73 Å². The van der Waals surface area contributed by atoms with Gasteiger partial charge in [-0.25, -0.2) is 14.4 Å². The van der Waals surface area contributed by atoms with E-state index in [9.17, 15) is 9.18 Å². The second-order valence-corrected chi connectivity index (χ2v) is 8.36.